The molecular formula is C21H21NO6S. The normalized spacial score (nSPS) is 16.8. The van der Waals surface area contributed by atoms with Gasteiger partial charge in [-0.05, 0) is 43.7 Å². The molecule has 0 unspecified atom stereocenters. The number of ketones is 1. The van der Waals surface area contributed by atoms with Crippen molar-refractivity contribution in [2.45, 2.75) is 33.1 Å². The summed E-state index contributed by atoms with van der Waals surface area (Å²) in [5, 5.41) is 4.43. The first-order valence-electron chi connectivity index (χ1n) is 9.43. The molecule has 0 radical (unpaired) electrons. The van der Waals surface area contributed by atoms with Crippen LogP contribution >= 0.6 is 11.3 Å². The summed E-state index contributed by atoms with van der Waals surface area (Å²) in [5.74, 6) is 0.266. The molecule has 29 heavy (non-hydrogen) atoms. The molecule has 1 aromatic heterocycles. The number of carbonyl (C=O) groups excluding carboxylic acids is 3. The van der Waals surface area contributed by atoms with E-state index in [-0.39, 0.29) is 12.6 Å². The fraction of sp³-hybridized carbons (Fsp3) is 0.381. The van der Waals surface area contributed by atoms with Crippen LogP contribution in [0.2, 0.25) is 0 Å². The van der Waals surface area contributed by atoms with Crippen molar-refractivity contribution in [1.82, 2.24) is 0 Å². The van der Waals surface area contributed by atoms with Crippen molar-refractivity contribution in [3.05, 3.63) is 39.1 Å². The van der Waals surface area contributed by atoms with Gasteiger partial charge in [0.05, 0.1) is 11.3 Å². The van der Waals surface area contributed by atoms with Crippen LogP contribution in [0.1, 0.15) is 51.4 Å². The molecule has 4 rings (SSSR count). The van der Waals surface area contributed by atoms with Crippen LogP contribution in [0.4, 0.5) is 5.69 Å². The van der Waals surface area contributed by atoms with Gasteiger partial charge in [-0.15, -0.1) is 11.3 Å². The fourth-order valence-corrected chi connectivity index (χ4v) is 4.81. The highest BCUT2D eigenvalue weighted by molar-refractivity contribution is 7.10. The lowest BCUT2D eigenvalue weighted by Gasteiger charge is -2.18. The number of amides is 1. The lowest BCUT2D eigenvalue weighted by molar-refractivity contribution is -0.119. The number of fused-ring (bicyclic) bond motifs is 2. The molecule has 2 aromatic rings. The van der Waals surface area contributed by atoms with Crippen LogP contribution in [0.15, 0.2) is 17.5 Å². The summed E-state index contributed by atoms with van der Waals surface area (Å²) in [6, 6.07) is 3.07. The third-order valence-corrected chi connectivity index (χ3v) is 6.17. The Labute approximate surface area is 172 Å². The number of anilines is 1. The summed E-state index contributed by atoms with van der Waals surface area (Å²) in [6.45, 7) is 3.22. The molecule has 0 saturated carbocycles. The molecule has 1 aliphatic carbocycles. The number of nitrogens with one attached hydrogen (secondary N) is 1. The van der Waals surface area contributed by atoms with Crippen LogP contribution in [-0.2, 0) is 22.4 Å². The van der Waals surface area contributed by atoms with Gasteiger partial charge in [-0.2, -0.15) is 0 Å². The molecule has 1 N–H and O–H groups in total. The average Bonchev–Trinajstić information content (AvgIpc) is 3.31. The number of hydrogen-bond donors (Lipinski definition) is 1. The first-order chi connectivity index (χ1) is 13.9. The van der Waals surface area contributed by atoms with Gasteiger partial charge >= 0.3 is 5.97 Å². The number of thiophene rings is 1. The van der Waals surface area contributed by atoms with Crippen molar-refractivity contribution in [1.29, 1.82) is 0 Å². The lowest BCUT2D eigenvalue weighted by atomic mass is 9.88. The van der Waals surface area contributed by atoms with Gasteiger partial charge in [0.2, 0.25) is 6.79 Å². The maximum atomic E-state index is 12.5. The zero-order valence-corrected chi connectivity index (χ0v) is 17.0. The van der Waals surface area contributed by atoms with Gasteiger partial charge in [0.15, 0.2) is 23.9 Å². The third kappa shape index (κ3) is 3.98. The quantitative estimate of drug-likeness (QED) is 0.593. The SMILES string of the molecule is CC(=O)c1cc2c(cc1NC(=O)COC(=O)c1csc3c1CC[C@@H](C)C3)OCO2. The predicted molar refractivity (Wildman–Crippen MR) is 107 cm³/mol. The molecule has 1 atom stereocenters. The minimum Gasteiger partial charge on any atom is -0.454 e. The monoisotopic (exact) mass is 415 g/mol. The van der Waals surface area contributed by atoms with Crippen LogP contribution in [0.3, 0.4) is 0 Å². The van der Waals surface area contributed by atoms with Crippen molar-refractivity contribution in [3.63, 3.8) is 0 Å². The van der Waals surface area contributed by atoms with Crippen molar-refractivity contribution >= 4 is 34.7 Å². The van der Waals surface area contributed by atoms with Crippen molar-refractivity contribution in [3.8, 4) is 11.5 Å². The minimum atomic E-state index is -0.530. The molecule has 1 aliphatic heterocycles. The molecule has 0 bridgehead atoms. The summed E-state index contributed by atoms with van der Waals surface area (Å²) in [5.41, 5.74) is 2.20. The first-order valence-corrected chi connectivity index (χ1v) is 10.3. The van der Waals surface area contributed by atoms with Crippen LogP contribution in [0, 0.1) is 5.92 Å². The second-order valence-electron chi connectivity index (χ2n) is 7.33. The Hall–Kier alpha value is -2.87. The van der Waals surface area contributed by atoms with Crippen LogP contribution in [0.25, 0.3) is 0 Å². The molecule has 2 heterocycles. The molecule has 0 saturated heterocycles. The first kappa shape index (κ1) is 19.4. The van der Waals surface area contributed by atoms with Gasteiger partial charge in [0.25, 0.3) is 5.91 Å². The molecular weight excluding hydrogens is 394 g/mol. The number of esters is 1. The van der Waals surface area contributed by atoms with Crippen LogP contribution in [-0.4, -0.2) is 31.1 Å². The molecule has 1 amide bonds. The highest BCUT2D eigenvalue weighted by atomic mass is 32.1. The highest BCUT2D eigenvalue weighted by Crippen LogP contribution is 2.37. The van der Waals surface area contributed by atoms with E-state index >= 15 is 0 Å². The topological polar surface area (TPSA) is 90.9 Å². The summed E-state index contributed by atoms with van der Waals surface area (Å²) in [7, 11) is 0. The Kier molecular flexibility index (Phi) is 5.27. The van der Waals surface area contributed by atoms with Gasteiger partial charge < -0.3 is 19.5 Å². The molecule has 7 nitrogen and oxygen atoms in total. The second kappa shape index (κ2) is 7.87. The molecule has 0 spiro atoms. The number of Topliss-reactive ketones (excluding diaryl/α,β-unsaturated/α-hetero) is 1. The van der Waals surface area contributed by atoms with Crippen molar-refractivity contribution < 1.29 is 28.6 Å². The average molecular weight is 415 g/mol. The van der Waals surface area contributed by atoms with E-state index in [0.29, 0.717) is 34.2 Å². The van der Waals surface area contributed by atoms with E-state index < -0.39 is 18.5 Å². The summed E-state index contributed by atoms with van der Waals surface area (Å²) in [4.78, 5) is 37.9. The molecule has 2 aliphatic rings. The van der Waals surface area contributed by atoms with Crippen LogP contribution in [0.5, 0.6) is 11.5 Å². The largest absolute Gasteiger partial charge is 0.454 e. The third-order valence-electron chi connectivity index (χ3n) is 5.12. The van der Waals surface area contributed by atoms with Crippen molar-refractivity contribution in [2.24, 2.45) is 5.92 Å². The maximum absolute atomic E-state index is 12.5. The Balaban J connectivity index is 1.41. The lowest BCUT2D eigenvalue weighted by Crippen LogP contribution is -2.22. The van der Waals surface area contributed by atoms with Gasteiger partial charge in [-0.3, -0.25) is 9.59 Å². The predicted octanol–water partition coefficient (Wildman–Crippen LogP) is 3.60. The Bertz CT molecular complexity index is 995. The van der Waals surface area contributed by atoms with E-state index in [1.165, 1.54) is 23.9 Å². The summed E-state index contributed by atoms with van der Waals surface area (Å²) in [6.07, 6.45) is 2.88. The molecule has 152 valence electrons. The van der Waals surface area contributed by atoms with Gasteiger partial charge in [-0.25, -0.2) is 4.79 Å². The van der Waals surface area contributed by atoms with Crippen LogP contribution < -0.4 is 14.8 Å². The van der Waals surface area contributed by atoms with E-state index in [1.54, 1.807) is 11.3 Å². The van der Waals surface area contributed by atoms with E-state index in [2.05, 4.69) is 12.2 Å². The summed E-state index contributed by atoms with van der Waals surface area (Å²) >= 11 is 1.57. The Morgan fingerprint density at radius 1 is 1.21 bits per heavy atom. The fourth-order valence-electron chi connectivity index (χ4n) is 3.58. The molecule has 1 aromatic carbocycles. The number of benzene rings is 1. The Morgan fingerprint density at radius 3 is 2.72 bits per heavy atom. The summed E-state index contributed by atoms with van der Waals surface area (Å²) < 4.78 is 15.8. The number of rotatable bonds is 5. The van der Waals surface area contributed by atoms with E-state index in [0.717, 1.165) is 24.8 Å². The zero-order valence-electron chi connectivity index (χ0n) is 16.2. The minimum absolute atomic E-state index is 0.0609. The standard InChI is InChI=1S/C21H21NO6S/c1-11-3-4-13-15(9-29-19(13)5-11)21(25)26-8-20(24)22-16-7-18-17(27-10-28-18)6-14(16)12(2)23/h6-7,9,11H,3-5,8,10H2,1-2H3,(H,22,24)/t11-/m1/s1. The zero-order chi connectivity index (χ0) is 20.5. The van der Waals surface area contributed by atoms with Gasteiger partial charge in [0.1, 0.15) is 0 Å². The number of carbonyl (C=O) groups is 3. The van der Waals surface area contributed by atoms with Gasteiger partial charge in [0, 0.05) is 21.9 Å². The van der Waals surface area contributed by atoms with E-state index in [1.807, 2.05) is 5.38 Å². The molecule has 8 heteroatoms. The highest BCUT2D eigenvalue weighted by Gasteiger charge is 2.25. The Morgan fingerprint density at radius 2 is 1.97 bits per heavy atom. The molecule has 0 fully saturated rings. The smallest absolute Gasteiger partial charge is 0.339 e. The maximum Gasteiger partial charge on any atom is 0.339 e. The number of hydrogen-bond acceptors (Lipinski definition) is 7. The van der Waals surface area contributed by atoms with Crippen molar-refractivity contribution in [2.75, 3.05) is 18.7 Å². The van der Waals surface area contributed by atoms with E-state index in [4.69, 9.17) is 14.2 Å². The second-order valence-corrected chi connectivity index (χ2v) is 8.29. The van der Waals surface area contributed by atoms with E-state index in [9.17, 15) is 14.4 Å². The van der Waals surface area contributed by atoms with Gasteiger partial charge in [-0.1, -0.05) is 6.92 Å². The number of ether oxygens (including phenoxy) is 3.